The molecule has 1 aliphatic rings. The van der Waals surface area contributed by atoms with E-state index in [1.807, 2.05) is 53.4 Å². The zero-order valence-electron chi connectivity index (χ0n) is 17.4. The van der Waals surface area contributed by atoms with E-state index >= 15 is 0 Å². The second-order valence-corrected chi connectivity index (χ2v) is 7.20. The van der Waals surface area contributed by atoms with Crippen molar-refractivity contribution in [1.82, 2.24) is 4.90 Å². The third kappa shape index (κ3) is 3.59. The maximum Gasteiger partial charge on any atom is 0.254 e. The maximum absolute atomic E-state index is 13.6. The summed E-state index contributed by atoms with van der Waals surface area (Å²) in [4.78, 5) is 15.5. The third-order valence-corrected chi connectivity index (χ3v) is 5.57. The van der Waals surface area contributed by atoms with Crippen molar-refractivity contribution in [2.45, 2.75) is 12.5 Å². The number of methoxy groups -OCH3 is 3. The molecular weight excluding hydrogens is 378 g/mol. The van der Waals surface area contributed by atoms with Crippen molar-refractivity contribution < 1.29 is 19.0 Å². The monoisotopic (exact) mass is 403 g/mol. The van der Waals surface area contributed by atoms with Crippen molar-refractivity contribution >= 4 is 5.91 Å². The smallest absolute Gasteiger partial charge is 0.254 e. The van der Waals surface area contributed by atoms with Gasteiger partial charge in [0.05, 0.1) is 27.4 Å². The maximum atomic E-state index is 13.6. The first kappa shape index (κ1) is 19.8. The van der Waals surface area contributed by atoms with Crippen LogP contribution in [0.5, 0.6) is 17.2 Å². The van der Waals surface area contributed by atoms with Crippen LogP contribution in [0.3, 0.4) is 0 Å². The molecule has 0 N–H and O–H groups in total. The number of rotatable bonds is 5. The summed E-state index contributed by atoms with van der Waals surface area (Å²) in [6.45, 7) is 0.609. The second kappa shape index (κ2) is 8.49. The molecule has 1 atom stereocenters. The Hall–Kier alpha value is -3.47. The van der Waals surface area contributed by atoms with Crippen LogP contribution >= 0.6 is 0 Å². The topological polar surface area (TPSA) is 48.0 Å². The Morgan fingerprint density at radius 2 is 1.60 bits per heavy atom. The van der Waals surface area contributed by atoms with Crippen LogP contribution in [-0.4, -0.2) is 38.7 Å². The molecule has 0 bridgehead atoms. The fourth-order valence-corrected chi connectivity index (χ4v) is 4.08. The molecule has 3 aromatic carbocycles. The molecule has 0 spiro atoms. The minimum atomic E-state index is -0.214. The van der Waals surface area contributed by atoms with Gasteiger partial charge >= 0.3 is 0 Å². The van der Waals surface area contributed by atoms with Crippen LogP contribution in [0, 0.1) is 0 Å². The molecule has 0 unspecified atom stereocenters. The van der Waals surface area contributed by atoms with Crippen molar-refractivity contribution in [1.29, 1.82) is 0 Å². The number of nitrogens with zero attached hydrogens (tertiary/aromatic N) is 1. The van der Waals surface area contributed by atoms with Gasteiger partial charge in [0.2, 0.25) is 0 Å². The number of carbonyl (C=O) groups is 1. The van der Waals surface area contributed by atoms with E-state index in [4.69, 9.17) is 14.2 Å². The van der Waals surface area contributed by atoms with Crippen LogP contribution in [0.15, 0.2) is 66.7 Å². The first-order chi connectivity index (χ1) is 14.7. The van der Waals surface area contributed by atoms with E-state index in [0.717, 1.165) is 23.1 Å². The van der Waals surface area contributed by atoms with Crippen LogP contribution < -0.4 is 14.2 Å². The van der Waals surface area contributed by atoms with E-state index in [2.05, 4.69) is 12.1 Å². The van der Waals surface area contributed by atoms with Crippen LogP contribution in [0.2, 0.25) is 0 Å². The summed E-state index contributed by atoms with van der Waals surface area (Å²) in [6, 6.07) is 21.2. The Morgan fingerprint density at radius 1 is 0.867 bits per heavy atom. The normalized spacial score (nSPS) is 15.3. The van der Waals surface area contributed by atoms with Crippen molar-refractivity contribution in [3.63, 3.8) is 0 Å². The summed E-state index contributed by atoms with van der Waals surface area (Å²) < 4.78 is 16.4. The standard InChI is InChI=1S/C25H25NO4/c1-28-20-11-7-10-19(14-20)25(27)26-13-12-18-15-22(29-2)23(30-3)16-21(18)24(26)17-8-5-4-6-9-17/h4-11,14-16,24H,12-13H2,1-3H3/t24-/m1/s1. The quantitative estimate of drug-likeness (QED) is 0.629. The van der Waals surface area contributed by atoms with Gasteiger partial charge in [-0.1, -0.05) is 36.4 Å². The molecule has 5 heteroatoms. The Labute approximate surface area is 176 Å². The van der Waals surface area contributed by atoms with Crippen LogP contribution in [-0.2, 0) is 6.42 Å². The van der Waals surface area contributed by atoms with Gasteiger partial charge in [0.1, 0.15) is 5.75 Å². The predicted octanol–water partition coefficient (Wildman–Crippen LogP) is 4.50. The van der Waals surface area contributed by atoms with Gasteiger partial charge < -0.3 is 19.1 Å². The Balaban J connectivity index is 1.83. The van der Waals surface area contributed by atoms with Gasteiger partial charge in [0.25, 0.3) is 5.91 Å². The number of carbonyl (C=O) groups excluding carboxylic acids is 1. The molecule has 4 rings (SSSR count). The summed E-state index contributed by atoms with van der Waals surface area (Å²) in [7, 11) is 4.87. The molecule has 0 aromatic heterocycles. The van der Waals surface area contributed by atoms with Crippen molar-refractivity contribution in [2.24, 2.45) is 0 Å². The van der Waals surface area contributed by atoms with Crippen molar-refractivity contribution in [2.75, 3.05) is 27.9 Å². The average Bonchev–Trinajstić information content (AvgIpc) is 2.82. The fourth-order valence-electron chi connectivity index (χ4n) is 4.08. The summed E-state index contributed by atoms with van der Waals surface area (Å²) in [5.41, 5.74) is 3.89. The summed E-state index contributed by atoms with van der Waals surface area (Å²) in [5.74, 6) is 2.01. The Kier molecular flexibility index (Phi) is 5.61. The van der Waals surface area contributed by atoms with Crippen LogP contribution in [0.25, 0.3) is 0 Å². The lowest BCUT2D eigenvalue weighted by Gasteiger charge is -2.38. The van der Waals surface area contributed by atoms with E-state index < -0.39 is 0 Å². The van der Waals surface area contributed by atoms with Crippen LogP contribution in [0.1, 0.15) is 33.1 Å². The number of benzene rings is 3. The molecule has 5 nitrogen and oxygen atoms in total. The number of hydrogen-bond donors (Lipinski definition) is 0. The van der Waals surface area contributed by atoms with Gasteiger partial charge in [-0.25, -0.2) is 0 Å². The molecule has 154 valence electrons. The highest BCUT2D eigenvalue weighted by molar-refractivity contribution is 5.95. The minimum Gasteiger partial charge on any atom is -0.497 e. The van der Waals surface area contributed by atoms with E-state index in [-0.39, 0.29) is 11.9 Å². The molecule has 1 amide bonds. The summed E-state index contributed by atoms with van der Waals surface area (Å²) >= 11 is 0. The van der Waals surface area contributed by atoms with E-state index in [9.17, 15) is 4.79 Å². The molecule has 0 fully saturated rings. The number of fused-ring (bicyclic) bond motifs is 1. The molecule has 0 aliphatic carbocycles. The van der Waals surface area contributed by atoms with Gasteiger partial charge in [0.15, 0.2) is 11.5 Å². The van der Waals surface area contributed by atoms with Gasteiger partial charge in [-0.15, -0.1) is 0 Å². The highest BCUT2D eigenvalue weighted by atomic mass is 16.5. The summed E-state index contributed by atoms with van der Waals surface area (Å²) in [5, 5.41) is 0. The van der Waals surface area contributed by atoms with Gasteiger partial charge in [-0.05, 0) is 53.4 Å². The highest BCUT2D eigenvalue weighted by Crippen LogP contribution is 2.41. The predicted molar refractivity (Wildman–Crippen MR) is 116 cm³/mol. The second-order valence-electron chi connectivity index (χ2n) is 7.20. The van der Waals surface area contributed by atoms with E-state index in [0.29, 0.717) is 29.4 Å². The molecule has 0 radical (unpaired) electrons. The molecule has 0 saturated carbocycles. The van der Waals surface area contributed by atoms with Crippen LogP contribution in [0.4, 0.5) is 0 Å². The number of ether oxygens (including phenoxy) is 3. The lowest BCUT2D eigenvalue weighted by Crippen LogP contribution is -2.40. The summed E-state index contributed by atoms with van der Waals surface area (Å²) in [6.07, 6.45) is 0.745. The lowest BCUT2D eigenvalue weighted by molar-refractivity contribution is 0.0694. The zero-order chi connectivity index (χ0) is 21.1. The minimum absolute atomic E-state index is 0.0248. The SMILES string of the molecule is COc1cccc(C(=O)N2CCc3cc(OC)c(OC)cc3[C@H]2c2ccccc2)c1. The molecular formula is C25H25NO4. The number of amides is 1. The van der Waals surface area contributed by atoms with Crippen molar-refractivity contribution in [3.8, 4) is 17.2 Å². The molecule has 0 saturated heterocycles. The average molecular weight is 403 g/mol. The third-order valence-electron chi connectivity index (χ3n) is 5.57. The molecule has 30 heavy (non-hydrogen) atoms. The fraction of sp³-hybridized carbons (Fsp3) is 0.240. The zero-order valence-corrected chi connectivity index (χ0v) is 17.4. The van der Waals surface area contributed by atoms with E-state index in [1.54, 1.807) is 27.4 Å². The Morgan fingerprint density at radius 3 is 2.30 bits per heavy atom. The molecule has 1 heterocycles. The lowest BCUT2D eigenvalue weighted by atomic mass is 9.87. The largest absolute Gasteiger partial charge is 0.497 e. The molecule has 1 aliphatic heterocycles. The van der Waals surface area contributed by atoms with Gasteiger partial charge in [-0.2, -0.15) is 0 Å². The number of hydrogen-bond acceptors (Lipinski definition) is 4. The van der Waals surface area contributed by atoms with Gasteiger partial charge in [-0.3, -0.25) is 4.79 Å². The molecule has 3 aromatic rings. The van der Waals surface area contributed by atoms with E-state index in [1.165, 1.54) is 0 Å². The first-order valence-corrected chi connectivity index (χ1v) is 9.91. The Bertz CT molecular complexity index is 1050. The first-order valence-electron chi connectivity index (χ1n) is 9.91. The van der Waals surface area contributed by atoms with Gasteiger partial charge in [0, 0.05) is 12.1 Å². The highest BCUT2D eigenvalue weighted by Gasteiger charge is 2.33. The van der Waals surface area contributed by atoms with Crippen molar-refractivity contribution in [3.05, 3.63) is 89.0 Å².